The second-order valence-corrected chi connectivity index (χ2v) is 6.24. The van der Waals surface area contributed by atoms with Gasteiger partial charge in [0, 0.05) is 43.2 Å². The average Bonchev–Trinajstić information content (AvgIpc) is 3.26. The molecule has 1 aromatic carbocycles. The molecule has 0 aliphatic carbocycles. The molecule has 0 aliphatic heterocycles. The predicted molar refractivity (Wildman–Crippen MR) is 98.2 cm³/mol. The van der Waals surface area contributed by atoms with Crippen LogP contribution in [-0.2, 0) is 13.5 Å². The molecule has 4 aromatic rings. The quantitative estimate of drug-likeness (QED) is 0.614. The molecule has 0 spiro atoms. The Labute approximate surface area is 150 Å². The largest absolute Gasteiger partial charge is 0.342 e. The van der Waals surface area contributed by atoms with Gasteiger partial charge in [-0.1, -0.05) is 18.2 Å². The maximum Gasteiger partial charge on any atom is 0.203 e. The van der Waals surface area contributed by atoms with Crippen molar-refractivity contribution in [2.24, 2.45) is 7.05 Å². The molecule has 1 N–H and O–H groups in total. The van der Waals surface area contributed by atoms with Gasteiger partial charge in [-0.3, -0.25) is 9.48 Å². The lowest BCUT2D eigenvalue weighted by Crippen LogP contribution is -2.16. The third-order valence-electron chi connectivity index (χ3n) is 4.11. The van der Waals surface area contributed by atoms with Gasteiger partial charge >= 0.3 is 0 Å². The van der Waals surface area contributed by atoms with E-state index in [4.69, 9.17) is 0 Å². The zero-order valence-corrected chi connectivity index (χ0v) is 14.5. The van der Waals surface area contributed by atoms with E-state index in [0.29, 0.717) is 12.1 Å². The highest BCUT2D eigenvalue weighted by Crippen LogP contribution is 2.18. The second-order valence-electron chi connectivity index (χ2n) is 6.24. The smallest absolute Gasteiger partial charge is 0.203 e. The lowest BCUT2D eigenvalue weighted by atomic mass is 10.1. The van der Waals surface area contributed by atoms with E-state index < -0.39 is 0 Å². The molecule has 0 unspecified atom stereocenters. The zero-order chi connectivity index (χ0) is 18.1. The molecule has 130 valence electrons. The zero-order valence-electron chi connectivity index (χ0n) is 14.5. The van der Waals surface area contributed by atoms with Crippen LogP contribution in [0.3, 0.4) is 0 Å². The third-order valence-corrected chi connectivity index (χ3v) is 4.11. The SMILES string of the molecule is Cc1cnc(-c2cccc(Cc3nn(-c4cnn(C)c4)ccc3=O)c2)[nH]1. The van der Waals surface area contributed by atoms with Gasteiger partial charge in [-0.15, -0.1) is 0 Å². The van der Waals surface area contributed by atoms with Crippen LogP contribution in [0.2, 0.25) is 0 Å². The van der Waals surface area contributed by atoms with Crippen molar-refractivity contribution in [3.8, 4) is 17.1 Å². The highest BCUT2D eigenvalue weighted by molar-refractivity contribution is 5.56. The molecule has 3 aromatic heterocycles. The molecule has 0 saturated carbocycles. The average molecular weight is 346 g/mol. The van der Waals surface area contributed by atoms with Crippen molar-refractivity contribution in [2.75, 3.05) is 0 Å². The molecular formula is C19H18N6O. The monoisotopic (exact) mass is 346 g/mol. The number of nitrogens with one attached hydrogen (secondary N) is 1. The van der Waals surface area contributed by atoms with Crippen LogP contribution in [0.25, 0.3) is 17.1 Å². The van der Waals surface area contributed by atoms with Crippen LogP contribution in [0.15, 0.2) is 59.9 Å². The minimum Gasteiger partial charge on any atom is -0.342 e. The van der Waals surface area contributed by atoms with Crippen molar-refractivity contribution in [3.05, 3.63) is 82.3 Å². The minimum absolute atomic E-state index is 0.0793. The Morgan fingerprint density at radius 1 is 1.19 bits per heavy atom. The van der Waals surface area contributed by atoms with Crippen LogP contribution in [0.4, 0.5) is 0 Å². The van der Waals surface area contributed by atoms with Crippen molar-refractivity contribution in [1.29, 1.82) is 0 Å². The van der Waals surface area contributed by atoms with E-state index in [2.05, 4.69) is 20.2 Å². The van der Waals surface area contributed by atoms with E-state index in [-0.39, 0.29) is 5.43 Å². The summed E-state index contributed by atoms with van der Waals surface area (Å²) in [5, 5.41) is 8.63. The molecule has 0 fully saturated rings. The normalized spacial score (nSPS) is 11.0. The summed E-state index contributed by atoms with van der Waals surface area (Å²) in [5.74, 6) is 0.818. The molecule has 0 bridgehead atoms. The van der Waals surface area contributed by atoms with Crippen molar-refractivity contribution in [2.45, 2.75) is 13.3 Å². The van der Waals surface area contributed by atoms with Gasteiger partial charge in [0.15, 0.2) is 0 Å². The Morgan fingerprint density at radius 3 is 2.81 bits per heavy atom. The van der Waals surface area contributed by atoms with Crippen LogP contribution < -0.4 is 5.43 Å². The molecule has 7 heteroatoms. The molecule has 0 aliphatic rings. The molecule has 0 atom stereocenters. The lowest BCUT2D eigenvalue weighted by molar-refractivity contribution is 0.762. The molecule has 7 nitrogen and oxygen atoms in total. The van der Waals surface area contributed by atoms with E-state index in [9.17, 15) is 4.79 Å². The van der Waals surface area contributed by atoms with Gasteiger partial charge in [-0.2, -0.15) is 10.2 Å². The van der Waals surface area contributed by atoms with Gasteiger partial charge in [-0.25, -0.2) is 9.67 Å². The van der Waals surface area contributed by atoms with Crippen LogP contribution in [0, 0.1) is 6.92 Å². The third kappa shape index (κ3) is 3.19. The number of aromatic nitrogens is 6. The number of H-pyrrole nitrogens is 1. The molecule has 0 radical (unpaired) electrons. The second kappa shape index (κ2) is 6.44. The molecular weight excluding hydrogens is 328 g/mol. The number of hydrogen-bond donors (Lipinski definition) is 1. The highest BCUT2D eigenvalue weighted by Gasteiger charge is 2.08. The molecule has 3 heterocycles. The summed E-state index contributed by atoms with van der Waals surface area (Å²) in [6.07, 6.45) is 7.47. The van der Waals surface area contributed by atoms with Crippen LogP contribution >= 0.6 is 0 Å². The Hall–Kier alpha value is -3.48. The van der Waals surface area contributed by atoms with Gasteiger partial charge in [0.2, 0.25) is 5.43 Å². The summed E-state index contributed by atoms with van der Waals surface area (Å²) in [4.78, 5) is 19.8. The number of aromatic amines is 1. The predicted octanol–water partition coefficient (Wildman–Crippen LogP) is 2.26. The summed E-state index contributed by atoms with van der Waals surface area (Å²) >= 11 is 0. The number of nitrogens with zero attached hydrogens (tertiary/aromatic N) is 5. The first kappa shape index (κ1) is 16.0. The summed E-state index contributed by atoms with van der Waals surface area (Å²) < 4.78 is 3.37. The fourth-order valence-corrected chi connectivity index (χ4v) is 2.82. The maximum atomic E-state index is 12.3. The van der Waals surface area contributed by atoms with Gasteiger partial charge in [0.1, 0.15) is 17.2 Å². The topological polar surface area (TPSA) is 81.4 Å². The summed E-state index contributed by atoms with van der Waals surface area (Å²) in [7, 11) is 1.84. The Bertz CT molecular complexity index is 1120. The van der Waals surface area contributed by atoms with Crippen molar-refractivity contribution in [1.82, 2.24) is 29.5 Å². The van der Waals surface area contributed by atoms with Gasteiger partial charge in [-0.05, 0) is 18.6 Å². The fourth-order valence-electron chi connectivity index (χ4n) is 2.82. The van der Waals surface area contributed by atoms with Crippen LogP contribution in [0.1, 0.15) is 17.0 Å². The van der Waals surface area contributed by atoms with E-state index in [1.165, 1.54) is 6.07 Å². The van der Waals surface area contributed by atoms with E-state index in [1.54, 1.807) is 28.0 Å². The van der Waals surface area contributed by atoms with E-state index >= 15 is 0 Å². The first-order valence-corrected chi connectivity index (χ1v) is 8.27. The van der Waals surface area contributed by atoms with Crippen LogP contribution in [0.5, 0.6) is 0 Å². The number of hydrogen-bond acceptors (Lipinski definition) is 4. The Kier molecular flexibility index (Phi) is 3.96. The minimum atomic E-state index is -0.0793. The van der Waals surface area contributed by atoms with Crippen molar-refractivity contribution < 1.29 is 0 Å². The molecule has 4 rings (SSSR count). The number of benzene rings is 1. The molecule has 0 amide bonds. The lowest BCUT2D eigenvalue weighted by Gasteiger charge is -2.06. The maximum absolute atomic E-state index is 12.3. The highest BCUT2D eigenvalue weighted by atomic mass is 16.1. The molecule has 26 heavy (non-hydrogen) atoms. The van der Waals surface area contributed by atoms with Crippen molar-refractivity contribution >= 4 is 0 Å². The summed E-state index contributed by atoms with van der Waals surface area (Å²) in [6.45, 7) is 1.97. The van der Waals surface area contributed by atoms with Gasteiger partial charge < -0.3 is 4.98 Å². The van der Waals surface area contributed by atoms with Crippen molar-refractivity contribution in [3.63, 3.8) is 0 Å². The summed E-state index contributed by atoms with van der Waals surface area (Å²) in [5.41, 5.74) is 4.22. The number of rotatable bonds is 4. The van der Waals surface area contributed by atoms with Crippen LogP contribution in [-0.4, -0.2) is 29.5 Å². The first-order chi connectivity index (χ1) is 12.6. The standard InChI is InChI=1S/C19H18N6O/c1-13-10-20-19(22-13)15-5-3-4-14(8-15)9-17-18(26)6-7-25(23-17)16-11-21-24(2)12-16/h3-8,10-12H,9H2,1-2H3,(H,20,22). The van der Waals surface area contributed by atoms with E-state index in [1.807, 2.05) is 44.4 Å². The number of aryl methyl sites for hydroxylation is 2. The van der Waals surface area contributed by atoms with Gasteiger partial charge in [0.25, 0.3) is 0 Å². The first-order valence-electron chi connectivity index (χ1n) is 8.27. The molecule has 0 saturated heterocycles. The summed E-state index contributed by atoms with van der Waals surface area (Å²) in [6, 6.07) is 9.51. The number of imidazole rings is 1. The van der Waals surface area contributed by atoms with Gasteiger partial charge in [0.05, 0.1) is 12.4 Å². The van der Waals surface area contributed by atoms with E-state index in [0.717, 1.165) is 28.3 Å². The fraction of sp³-hybridized carbons (Fsp3) is 0.158. The Balaban J connectivity index is 1.66. The Morgan fingerprint density at radius 2 is 2.08 bits per heavy atom.